The topological polar surface area (TPSA) is 102 Å². The minimum Gasteiger partial charge on any atom is -0.490 e. The molecule has 1 fully saturated rings. The number of benzene rings is 3. The summed E-state index contributed by atoms with van der Waals surface area (Å²) < 4.78 is 70.8. The van der Waals surface area contributed by atoms with E-state index < -0.39 is 46.6 Å². The highest BCUT2D eigenvalue weighted by Gasteiger charge is 2.54. The van der Waals surface area contributed by atoms with Gasteiger partial charge in [0.2, 0.25) is 0 Å². The third-order valence-electron chi connectivity index (χ3n) is 7.61. The summed E-state index contributed by atoms with van der Waals surface area (Å²) in [5.41, 5.74) is -1.13. The molecule has 1 unspecified atom stereocenters. The summed E-state index contributed by atoms with van der Waals surface area (Å²) in [5.74, 6) is -0.389. The van der Waals surface area contributed by atoms with Gasteiger partial charge in [0.1, 0.15) is 23.7 Å². The second-order valence-corrected chi connectivity index (χ2v) is 13.3. The lowest BCUT2D eigenvalue weighted by molar-refractivity contribution is -0.144. The van der Waals surface area contributed by atoms with Crippen LogP contribution < -0.4 is 4.74 Å². The van der Waals surface area contributed by atoms with Gasteiger partial charge in [-0.1, -0.05) is 59.6 Å². The van der Waals surface area contributed by atoms with Crippen molar-refractivity contribution in [2.75, 3.05) is 6.54 Å². The predicted octanol–water partition coefficient (Wildman–Crippen LogP) is 7.28. The van der Waals surface area contributed by atoms with Gasteiger partial charge in [0, 0.05) is 42.7 Å². The molecule has 1 aromatic heterocycles. The molecular weight excluding hydrogens is 654 g/mol. The highest BCUT2D eigenvalue weighted by atomic mass is 35.5. The van der Waals surface area contributed by atoms with Gasteiger partial charge in [0.05, 0.1) is 10.7 Å². The van der Waals surface area contributed by atoms with Gasteiger partial charge in [-0.05, 0) is 60.4 Å². The van der Waals surface area contributed by atoms with Crippen LogP contribution in [-0.2, 0) is 27.8 Å². The van der Waals surface area contributed by atoms with E-state index in [1.54, 1.807) is 24.3 Å². The monoisotopic (exact) mass is 681 g/mol. The second-order valence-electron chi connectivity index (χ2n) is 10.5. The highest BCUT2D eigenvalue weighted by molar-refractivity contribution is 7.90. The first kappa shape index (κ1) is 32.8. The molecule has 1 aliphatic rings. The van der Waals surface area contributed by atoms with Crippen LogP contribution in [0.2, 0.25) is 10.0 Å². The average Bonchev–Trinajstić information content (AvgIpc) is 3.39. The number of hydrogen-bond donors (Lipinski definition) is 1. The number of ether oxygens (including phenoxy) is 1. The molecule has 0 radical (unpaired) electrons. The zero-order valence-electron chi connectivity index (χ0n) is 23.8. The van der Waals surface area contributed by atoms with Gasteiger partial charge in [-0.15, -0.1) is 0 Å². The van der Waals surface area contributed by atoms with Crippen molar-refractivity contribution < 1.29 is 36.2 Å². The molecule has 0 bridgehead atoms. The smallest absolute Gasteiger partial charge is 0.490 e. The van der Waals surface area contributed by atoms with Crippen molar-refractivity contribution in [2.24, 2.45) is 0 Å². The Morgan fingerprint density at radius 3 is 2.27 bits per heavy atom. The van der Waals surface area contributed by atoms with Crippen molar-refractivity contribution in [3.8, 4) is 28.1 Å². The van der Waals surface area contributed by atoms with Gasteiger partial charge in [-0.2, -0.15) is 17.5 Å². The summed E-state index contributed by atoms with van der Waals surface area (Å²) in [7, 11) is -5.78. The molecule has 2 atom stereocenters. The first-order valence-electron chi connectivity index (χ1n) is 13.9. The van der Waals surface area contributed by atoms with Crippen LogP contribution in [0.4, 0.5) is 13.2 Å². The molecule has 238 valence electrons. The lowest BCUT2D eigenvalue weighted by atomic mass is 10.0. The molecule has 1 aliphatic heterocycles. The summed E-state index contributed by atoms with van der Waals surface area (Å²) in [6.45, 7) is 2.16. The largest absolute Gasteiger partial charge is 0.511 e. The van der Waals surface area contributed by atoms with Crippen molar-refractivity contribution in [3.05, 3.63) is 94.4 Å². The van der Waals surface area contributed by atoms with Crippen LogP contribution in [0, 0.1) is 0 Å². The lowest BCUT2D eigenvalue weighted by Crippen LogP contribution is -2.55. The molecule has 1 N–H and O–H groups in total. The Morgan fingerprint density at radius 1 is 1.04 bits per heavy atom. The minimum absolute atomic E-state index is 0.00820. The van der Waals surface area contributed by atoms with E-state index in [1.165, 1.54) is 0 Å². The van der Waals surface area contributed by atoms with E-state index in [9.17, 15) is 31.5 Å². The van der Waals surface area contributed by atoms with Crippen molar-refractivity contribution in [1.29, 1.82) is 0 Å². The van der Waals surface area contributed by atoms with Crippen LogP contribution in [0.25, 0.3) is 22.4 Å². The number of aliphatic carboxylic acids is 1. The fourth-order valence-corrected chi connectivity index (χ4v) is 6.90. The number of carbonyl (C=O) groups is 1. The molecule has 0 aliphatic carbocycles. The zero-order valence-corrected chi connectivity index (χ0v) is 26.2. The Bertz CT molecular complexity index is 1800. The summed E-state index contributed by atoms with van der Waals surface area (Å²) in [5, 5.41) is 10.5. The van der Waals surface area contributed by atoms with E-state index in [0.29, 0.717) is 22.2 Å². The molecule has 4 aromatic rings. The van der Waals surface area contributed by atoms with Gasteiger partial charge in [0.15, 0.2) is 0 Å². The maximum atomic E-state index is 13.0. The van der Waals surface area contributed by atoms with E-state index in [2.05, 4.69) is 4.57 Å². The molecular formula is C31H28Cl2F3N3O5S. The molecule has 14 heteroatoms. The molecule has 8 nitrogen and oxygen atoms in total. The Labute approximate surface area is 268 Å². The van der Waals surface area contributed by atoms with Crippen LogP contribution in [0.5, 0.6) is 5.75 Å². The number of alkyl halides is 3. The Morgan fingerprint density at radius 2 is 1.69 bits per heavy atom. The molecule has 0 saturated carbocycles. The van der Waals surface area contributed by atoms with Gasteiger partial charge >= 0.3 is 21.5 Å². The van der Waals surface area contributed by atoms with Gasteiger partial charge < -0.3 is 14.4 Å². The molecule has 5 rings (SSSR count). The summed E-state index contributed by atoms with van der Waals surface area (Å²) in [6.07, 6.45) is 1.29. The van der Waals surface area contributed by atoms with E-state index in [1.807, 2.05) is 55.6 Å². The summed E-state index contributed by atoms with van der Waals surface area (Å²) >= 11 is 12.4. The maximum absolute atomic E-state index is 13.0. The number of sulfonamides is 1. The Balaban J connectivity index is 1.24. The van der Waals surface area contributed by atoms with Crippen molar-refractivity contribution in [3.63, 3.8) is 0 Å². The SMILES string of the molecule is CCn1cc(-c2ccc(Cl)cc2Cl)nc1Cc1ccc(-c2ccc(OC3CCN(S(=O)(=O)C(F)(F)F)[C@H](C(=O)O)C3)cc2)cc1. The standard InChI is InChI=1S/C31H28Cl2F3N3O5S/c1-2-38-18-27(25-12-9-22(32)16-26(25)33)37-29(38)15-19-3-5-20(6-4-19)21-7-10-23(11-8-21)44-24-13-14-39(28(17-24)30(40)41)45(42,43)31(34,35)36/h3-12,16,18,24,28H,2,13-15,17H2,1H3,(H,40,41)/t24?,28-/m0/s1. The van der Waals surface area contributed by atoms with Crippen molar-refractivity contribution >= 4 is 39.2 Å². The lowest BCUT2D eigenvalue weighted by Gasteiger charge is -2.36. The van der Waals surface area contributed by atoms with Crippen molar-refractivity contribution in [1.82, 2.24) is 13.9 Å². The average molecular weight is 683 g/mol. The number of rotatable bonds is 9. The molecule has 1 saturated heterocycles. The van der Waals surface area contributed by atoms with Gasteiger partial charge in [0.25, 0.3) is 0 Å². The number of carboxylic acids is 1. The van der Waals surface area contributed by atoms with E-state index in [0.717, 1.165) is 40.3 Å². The molecule has 3 aromatic carbocycles. The predicted molar refractivity (Wildman–Crippen MR) is 165 cm³/mol. The molecule has 45 heavy (non-hydrogen) atoms. The third kappa shape index (κ3) is 7.14. The summed E-state index contributed by atoms with van der Waals surface area (Å²) in [6, 6.07) is 18.4. The zero-order chi connectivity index (χ0) is 32.5. The maximum Gasteiger partial charge on any atom is 0.511 e. The molecule has 2 heterocycles. The molecule has 0 spiro atoms. The number of hydrogen-bond acceptors (Lipinski definition) is 5. The van der Waals surface area contributed by atoms with Gasteiger partial charge in [-0.25, -0.2) is 13.4 Å². The Kier molecular flexibility index (Phi) is 9.50. The van der Waals surface area contributed by atoms with Crippen LogP contribution in [-0.4, -0.2) is 57.5 Å². The van der Waals surface area contributed by atoms with E-state index in [4.69, 9.17) is 32.9 Å². The number of carboxylic acid groups (broad SMARTS) is 1. The number of aromatic nitrogens is 2. The minimum atomic E-state index is -5.78. The van der Waals surface area contributed by atoms with Crippen LogP contribution >= 0.6 is 23.2 Å². The number of halogens is 5. The Hall–Kier alpha value is -3.58. The first-order chi connectivity index (χ1) is 21.3. The number of nitrogens with zero attached hydrogens (tertiary/aromatic N) is 3. The van der Waals surface area contributed by atoms with E-state index in [-0.39, 0.29) is 10.7 Å². The quantitative estimate of drug-likeness (QED) is 0.199. The first-order valence-corrected chi connectivity index (χ1v) is 16.1. The third-order valence-corrected chi connectivity index (χ3v) is 9.79. The highest BCUT2D eigenvalue weighted by Crippen LogP contribution is 2.34. The van der Waals surface area contributed by atoms with Crippen LogP contribution in [0.3, 0.4) is 0 Å². The summed E-state index contributed by atoms with van der Waals surface area (Å²) in [4.78, 5) is 16.5. The second kappa shape index (κ2) is 13.0. The van der Waals surface area contributed by atoms with Crippen molar-refractivity contribution in [2.45, 2.75) is 50.4 Å². The number of imidazole rings is 1. The van der Waals surface area contributed by atoms with Gasteiger partial charge in [-0.3, -0.25) is 4.79 Å². The number of aryl methyl sites for hydroxylation is 1. The fourth-order valence-electron chi connectivity index (χ4n) is 5.28. The molecule has 0 amide bonds. The van der Waals surface area contributed by atoms with Crippen LogP contribution in [0.1, 0.15) is 31.2 Å². The van der Waals surface area contributed by atoms with Crippen LogP contribution in [0.15, 0.2) is 72.9 Å². The number of piperidine rings is 1. The fraction of sp³-hybridized carbons (Fsp3) is 0.290. The van der Waals surface area contributed by atoms with E-state index >= 15 is 0 Å². The normalized spacial score (nSPS) is 17.7.